The van der Waals surface area contributed by atoms with Gasteiger partial charge in [-0.25, -0.2) is 19.3 Å². The van der Waals surface area contributed by atoms with Crippen molar-refractivity contribution in [3.8, 4) is 17.1 Å². The molecule has 1 aliphatic carbocycles. The molecule has 1 unspecified atom stereocenters. The molecule has 37 heavy (non-hydrogen) atoms. The number of carbonyl (C=O) groups is 1. The van der Waals surface area contributed by atoms with Gasteiger partial charge in [-0.15, -0.1) is 0 Å². The summed E-state index contributed by atoms with van der Waals surface area (Å²) in [6, 6.07) is 6.80. The fraction of sp³-hybridized carbons (Fsp3) is 0.520. The second-order valence-electron chi connectivity index (χ2n) is 10.5. The van der Waals surface area contributed by atoms with Crippen molar-refractivity contribution in [2.45, 2.75) is 63.3 Å². The molecule has 198 valence electrons. The first kappa shape index (κ1) is 25.1. The van der Waals surface area contributed by atoms with E-state index in [0.717, 1.165) is 6.42 Å². The highest BCUT2D eigenvalue weighted by atomic mass is 19.4. The highest BCUT2D eigenvalue weighted by Crippen LogP contribution is 2.60. The highest BCUT2D eigenvalue weighted by Gasteiger charge is 2.66. The number of pyridine rings is 1. The van der Waals surface area contributed by atoms with Crippen LogP contribution in [0.15, 0.2) is 30.5 Å². The zero-order chi connectivity index (χ0) is 26.6. The number of fused-ring (bicyclic) bond motifs is 1. The number of ether oxygens (including phenoxy) is 2. The van der Waals surface area contributed by atoms with Crippen LogP contribution >= 0.6 is 0 Å². The molecule has 1 N–H and O–H groups in total. The van der Waals surface area contributed by atoms with Crippen LogP contribution in [0, 0.1) is 0 Å². The summed E-state index contributed by atoms with van der Waals surface area (Å²) < 4.78 is 53.7. The summed E-state index contributed by atoms with van der Waals surface area (Å²) >= 11 is 0. The molecule has 0 radical (unpaired) electrons. The van der Waals surface area contributed by atoms with Gasteiger partial charge < -0.3 is 19.7 Å². The number of rotatable bonds is 5. The van der Waals surface area contributed by atoms with Gasteiger partial charge in [0.25, 0.3) is 0 Å². The van der Waals surface area contributed by atoms with Crippen LogP contribution in [-0.4, -0.2) is 68.6 Å². The molecule has 12 heteroatoms. The van der Waals surface area contributed by atoms with Gasteiger partial charge in [0, 0.05) is 25.2 Å². The van der Waals surface area contributed by atoms with Crippen molar-refractivity contribution in [3.63, 3.8) is 0 Å². The third kappa shape index (κ3) is 4.76. The predicted octanol–water partition coefficient (Wildman–Crippen LogP) is 4.82. The van der Waals surface area contributed by atoms with Crippen molar-refractivity contribution in [1.82, 2.24) is 24.5 Å². The van der Waals surface area contributed by atoms with Crippen LogP contribution in [0.2, 0.25) is 0 Å². The minimum atomic E-state index is -4.43. The zero-order valence-electron chi connectivity index (χ0n) is 21.1. The number of nitrogens with zero attached hydrogens (tertiary/aromatic N) is 5. The number of nitrogens with one attached hydrogen (secondary N) is 1. The van der Waals surface area contributed by atoms with Gasteiger partial charge in [-0.05, 0) is 52.2 Å². The second-order valence-corrected chi connectivity index (χ2v) is 10.5. The lowest BCUT2D eigenvalue weighted by molar-refractivity contribution is -0.162. The average Bonchev–Trinajstić information content (AvgIpc) is 3.34. The summed E-state index contributed by atoms with van der Waals surface area (Å²) in [4.78, 5) is 23.0. The van der Waals surface area contributed by atoms with Gasteiger partial charge >= 0.3 is 12.3 Å². The average molecular weight is 519 g/mol. The number of aromatic nitrogens is 4. The lowest BCUT2D eigenvalue weighted by Gasteiger charge is -2.24. The Kier molecular flexibility index (Phi) is 5.95. The summed E-state index contributed by atoms with van der Waals surface area (Å²) in [6.07, 6.45) is -2.59. The maximum atomic E-state index is 13.9. The molecule has 0 bridgehead atoms. The first-order valence-electron chi connectivity index (χ1n) is 12.1. The van der Waals surface area contributed by atoms with E-state index in [0.29, 0.717) is 35.9 Å². The van der Waals surface area contributed by atoms with Gasteiger partial charge in [-0.1, -0.05) is 6.07 Å². The number of hydrogen-bond donors (Lipinski definition) is 1. The lowest BCUT2D eigenvalue weighted by atomic mass is 10.0. The molecule has 1 saturated carbocycles. The zero-order valence-corrected chi connectivity index (χ0v) is 21.1. The van der Waals surface area contributed by atoms with E-state index in [9.17, 15) is 18.0 Å². The first-order valence-corrected chi connectivity index (χ1v) is 12.1. The molecule has 4 heterocycles. The van der Waals surface area contributed by atoms with E-state index < -0.39 is 17.2 Å². The van der Waals surface area contributed by atoms with Crippen LogP contribution in [0.3, 0.4) is 0 Å². The minimum Gasteiger partial charge on any atom is -0.495 e. The fourth-order valence-electron chi connectivity index (χ4n) is 4.58. The van der Waals surface area contributed by atoms with Crippen molar-refractivity contribution >= 4 is 17.6 Å². The van der Waals surface area contributed by atoms with Gasteiger partial charge in [0.05, 0.1) is 19.0 Å². The quantitative estimate of drug-likeness (QED) is 0.518. The molecule has 2 fully saturated rings. The van der Waals surface area contributed by atoms with Crippen molar-refractivity contribution in [2.24, 2.45) is 0 Å². The van der Waals surface area contributed by atoms with Crippen LogP contribution in [0.1, 0.15) is 45.7 Å². The van der Waals surface area contributed by atoms with Crippen molar-refractivity contribution in [2.75, 3.05) is 25.5 Å². The van der Waals surface area contributed by atoms with E-state index in [1.165, 1.54) is 23.9 Å². The van der Waals surface area contributed by atoms with Crippen LogP contribution in [0.4, 0.5) is 23.8 Å². The molecule has 9 nitrogen and oxygen atoms in total. The molecule has 2 aliphatic rings. The van der Waals surface area contributed by atoms with Gasteiger partial charge in [-0.2, -0.15) is 18.3 Å². The Labute approximate surface area is 212 Å². The van der Waals surface area contributed by atoms with Gasteiger partial charge in [0.15, 0.2) is 5.65 Å². The third-order valence-corrected chi connectivity index (χ3v) is 6.63. The standard InChI is InChI=1S/C25H29F3N6O3/c1-23(2,3)37-22(35)33-11-8-15(14-33)30-19-7-5-6-16(31-19)17-13-29-20-12-18(36-4)21(32-34(17)20)24(9-10-24)25(26,27)28/h5-7,12-13,15H,8-11,14H2,1-4H3,(H,30,31). The highest BCUT2D eigenvalue weighted by molar-refractivity contribution is 5.69. The van der Waals surface area contributed by atoms with Crippen LogP contribution in [0.5, 0.6) is 5.75 Å². The monoisotopic (exact) mass is 518 g/mol. The Hall–Kier alpha value is -3.57. The van der Waals surface area contributed by atoms with Crippen LogP contribution in [-0.2, 0) is 10.2 Å². The van der Waals surface area contributed by atoms with Crippen LogP contribution < -0.4 is 10.1 Å². The maximum absolute atomic E-state index is 13.9. The summed E-state index contributed by atoms with van der Waals surface area (Å²) in [5, 5.41) is 7.71. The number of imidazole rings is 1. The van der Waals surface area contributed by atoms with E-state index in [1.807, 2.05) is 20.8 Å². The number of halogens is 3. The number of amides is 1. The summed E-state index contributed by atoms with van der Waals surface area (Å²) in [6.45, 7) is 6.52. The van der Waals surface area contributed by atoms with E-state index in [4.69, 9.17) is 9.47 Å². The van der Waals surface area contributed by atoms with E-state index >= 15 is 0 Å². The second kappa shape index (κ2) is 8.77. The molecule has 1 amide bonds. The molecule has 3 aromatic heterocycles. The molecule has 1 aliphatic heterocycles. The Bertz CT molecular complexity index is 1330. The normalized spacial score (nSPS) is 19.2. The van der Waals surface area contributed by atoms with Gasteiger partial charge in [-0.3, -0.25) is 0 Å². The Morgan fingerprint density at radius 3 is 2.62 bits per heavy atom. The molecule has 3 aromatic rings. The van der Waals surface area contributed by atoms with E-state index in [1.54, 1.807) is 23.1 Å². The number of likely N-dealkylation sites (tertiary alicyclic amines) is 1. The molecule has 5 rings (SSSR count). The van der Waals surface area contributed by atoms with Crippen molar-refractivity contribution in [3.05, 3.63) is 36.2 Å². The molecular formula is C25H29F3N6O3. The SMILES string of the molecule is COc1cc2ncc(-c3cccc(NC4CCN(C(=O)OC(C)(C)C)C4)n3)n2nc1C1(C(F)(F)F)CC1. The summed E-state index contributed by atoms with van der Waals surface area (Å²) in [7, 11) is 1.33. The minimum absolute atomic E-state index is 0.0204. The van der Waals surface area contributed by atoms with E-state index in [-0.39, 0.29) is 36.4 Å². The van der Waals surface area contributed by atoms with Crippen LogP contribution in [0.25, 0.3) is 17.0 Å². The number of anilines is 1. The molecule has 1 saturated heterocycles. The maximum Gasteiger partial charge on any atom is 0.410 e. The number of methoxy groups -OCH3 is 1. The smallest absolute Gasteiger partial charge is 0.410 e. The van der Waals surface area contributed by atoms with E-state index in [2.05, 4.69) is 20.4 Å². The fourth-order valence-corrected chi connectivity index (χ4v) is 4.58. The van der Waals surface area contributed by atoms with Gasteiger partial charge in [0.1, 0.15) is 34.0 Å². The number of hydrogen-bond acceptors (Lipinski definition) is 7. The predicted molar refractivity (Wildman–Crippen MR) is 130 cm³/mol. The Morgan fingerprint density at radius 1 is 1.22 bits per heavy atom. The first-order chi connectivity index (χ1) is 17.4. The lowest BCUT2D eigenvalue weighted by Crippen LogP contribution is -2.36. The Balaban J connectivity index is 1.39. The molecular weight excluding hydrogens is 489 g/mol. The molecule has 1 atom stereocenters. The van der Waals surface area contributed by atoms with Crippen molar-refractivity contribution < 1.29 is 27.4 Å². The number of carbonyl (C=O) groups excluding carboxylic acids is 1. The largest absolute Gasteiger partial charge is 0.495 e. The Morgan fingerprint density at radius 2 is 1.97 bits per heavy atom. The third-order valence-electron chi connectivity index (χ3n) is 6.63. The molecule has 0 spiro atoms. The topological polar surface area (TPSA) is 93.9 Å². The van der Waals surface area contributed by atoms with Crippen molar-refractivity contribution in [1.29, 1.82) is 0 Å². The summed E-state index contributed by atoms with van der Waals surface area (Å²) in [5.41, 5.74) is -1.39. The summed E-state index contributed by atoms with van der Waals surface area (Å²) in [5.74, 6) is 0.643. The van der Waals surface area contributed by atoms with Gasteiger partial charge in [0.2, 0.25) is 0 Å². The number of alkyl halides is 3. The molecule has 0 aromatic carbocycles.